The normalized spacial score (nSPS) is 9.63. The fraction of sp³-hybridized carbons (Fsp3) is 0.0769. The summed E-state index contributed by atoms with van der Waals surface area (Å²) >= 11 is 0. The summed E-state index contributed by atoms with van der Waals surface area (Å²) in [5.41, 5.74) is 0.749. The fourth-order valence-electron chi connectivity index (χ4n) is 1.37. The Labute approximate surface area is 108 Å². The van der Waals surface area contributed by atoms with Crippen LogP contribution >= 0.6 is 0 Å². The van der Waals surface area contributed by atoms with Gasteiger partial charge in [-0.3, -0.25) is 0 Å². The maximum Gasteiger partial charge on any atom is 0.356 e. The van der Waals surface area contributed by atoms with Gasteiger partial charge in [-0.25, -0.2) is 14.8 Å². The van der Waals surface area contributed by atoms with E-state index in [-0.39, 0.29) is 11.6 Å². The molecule has 1 aromatic carbocycles. The molecule has 1 heterocycles. The van der Waals surface area contributed by atoms with Crippen LogP contribution in [0.15, 0.2) is 36.7 Å². The molecule has 0 saturated carbocycles. The number of carboxylic acid groups (broad SMARTS) is 1. The van der Waals surface area contributed by atoms with Crippen molar-refractivity contribution in [1.82, 2.24) is 9.97 Å². The zero-order chi connectivity index (χ0) is 13.7. The number of carbonyl (C=O) groups is 1. The van der Waals surface area contributed by atoms with Crippen molar-refractivity contribution in [3.63, 3.8) is 0 Å². The van der Waals surface area contributed by atoms with E-state index in [0.29, 0.717) is 12.2 Å². The molecule has 0 fully saturated rings. The van der Waals surface area contributed by atoms with E-state index in [1.54, 1.807) is 24.3 Å². The van der Waals surface area contributed by atoms with E-state index in [4.69, 9.17) is 15.1 Å². The Kier molecular flexibility index (Phi) is 3.69. The molecular formula is C13H9N3O3. The number of aromatic nitrogens is 2. The summed E-state index contributed by atoms with van der Waals surface area (Å²) in [6.07, 6.45) is 2.71. The Morgan fingerprint density at radius 1 is 1.26 bits per heavy atom. The summed E-state index contributed by atoms with van der Waals surface area (Å²) in [4.78, 5) is 18.1. The lowest BCUT2D eigenvalue weighted by Gasteiger charge is -2.04. The van der Waals surface area contributed by atoms with Crippen molar-refractivity contribution >= 4 is 5.97 Å². The second-order valence-corrected chi connectivity index (χ2v) is 3.63. The van der Waals surface area contributed by atoms with Gasteiger partial charge in [0.1, 0.15) is 5.75 Å². The molecule has 0 atom stereocenters. The van der Waals surface area contributed by atoms with Crippen LogP contribution in [0.4, 0.5) is 0 Å². The van der Waals surface area contributed by atoms with E-state index in [1.165, 1.54) is 6.20 Å². The smallest absolute Gasteiger partial charge is 0.356 e. The van der Waals surface area contributed by atoms with Gasteiger partial charge in [-0.1, -0.05) is 12.1 Å². The van der Waals surface area contributed by atoms with Crippen LogP contribution in [0.3, 0.4) is 0 Å². The molecule has 94 valence electrons. The highest BCUT2D eigenvalue weighted by atomic mass is 16.5. The lowest BCUT2D eigenvalue weighted by molar-refractivity contribution is 0.0690. The lowest BCUT2D eigenvalue weighted by atomic mass is 10.2. The van der Waals surface area contributed by atoms with Crippen LogP contribution < -0.4 is 4.74 Å². The minimum Gasteiger partial charge on any atom is -0.476 e. The van der Waals surface area contributed by atoms with E-state index in [0.717, 1.165) is 11.8 Å². The van der Waals surface area contributed by atoms with Crippen LogP contribution in [-0.4, -0.2) is 21.0 Å². The second kappa shape index (κ2) is 5.60. The van der Waals surface area contributed by atoms with Crippen LogP contribution in [0, 0.1) is 11.3 Å². The number of rotatable bonds is 4. The van der Waals surface area contributed by atoms with Crippen molar-refractivity contribution in [2.24, 2.45) is 0 Å². The third kappa shape index (κ3) is 3.26. The summed E-state index contributed by atoms with van der Waals surface area (Å²) < 4.78 is 5.40. The van der Waals surface area contributed by atoms with E-state index < -0.39 is 5.97 Å². The molecule has 2 aromatic rings. The number of nitriles is 1. The van der Waals surface area contributed by atoms with Crippen LogP contribution in [0.25, 0.3) is 0 Å². The van der Waals surface area contributed by atoms with Gasteiger partial charge in [0.25, 0.3) is 0 Å². The average molecular weight is 255 g/mol. The first-order chi connectivity index (χ1) is 9.19. The molecule has 0 radical (unpaired) electrons. The summed E-state index contributed by atoms with van der Waals surface area (Å²) in [5.74, 6) is -0.392. The molecule has 6 heteroatoms. The zero-order valence-corrected chi connectivity index (χ0v) is 9.78. The summed E-state index contributed by atoms with van der Waals surface area (Å²) in [6.45, 7) is 0. The molecule has 0 unspecified atom stereocenters. The molecule has 0 aliphatic rings. The van der Waals surface area contributed by atoms with Gasteiger partial charge < -0.3 is 9.84 Å². The highest BCUT2D eigenvalue weighted by molar-refractivity contribution is 5.84. The Morgan fingerprint density at radius 2 is 2.00 bits per heavy atom. The maximum absolute atomic E-state index is 10.6. The van der Waals surface area contributed by atoms with E-state index in [9.17, 15) is 4.79 Å². The molecule has 0 saturated heterocycles. The number of hydrogen-bond acceptors (Lipinski definition) is 5. The van der Waals surface area contributed by atoms with Crippen LogP contribution in [0.1, 0.15) is 16.1 Å². The molecule has 0 spiro atoms. The molecule has 0 amide bonds. The highest BCUT2D eigenvalue weighted by Gasteiger charge is 2.06. The molecular weight excluding hydrogens is 246 g/mol. The van der Waals surface area contributed by atoms with Gasteiger partial charge >= 0.3 is 5.97 Å². The van der Waals surface area contributed by atoms with Gasteiger partial charge in [-0.05, 0) is 17.7 Å². The molecule has 0 bridgehead atoms. The number of nitrogens with zero attached hydrogens (tertiary/aromatic N) is 3. The molecule has 0 aliphatic heterocycles. The van der Waals surface area contributed by atoms with Crippen molar-refractivity contribution in [2.45, 2.75) is 6.42 Å². The predicted molar refractivity (Wildman–Crippen MR) is 64.8 cm³/mol. The number of aromatic carboxylic acids is 1. The summed E-state index contributed by atoms with van der Waals surface area (Å²) in [6, 6.07) is 9.02. The van der Waals surface area contributed by atoms with E-state index in [2.05, 4.69) is 16.0 Å². The number of carboxylic acids is 1. The maximum atomic E-state index is 10.6. The zero-order valence-electron chi connectivity index (χ0n) is 9.78. The number of ether oxygens (including phenoxy) is 1. The topological polar surface area (TPSA) is 96.1 Å². The average Bonchev–Trinajstić information content (AvgIpc) is 2.42. The van der Waals surface area contributed by atoms with E-state index >= 15 is 0 Å². The quantitative estimate of drug-likeness (QED) is 0.897. The van der Waals surface area contributed by atoms with Crippen LogP contribution in [0.5, 0.6) is 11.6 Å². The van der Waals surface area contributed by atoms with Gasteiger partial charge in [-0.15, -0.1) is 0 Å². The van der Waals surface area contributed by atoms with Crippen molar-refractivity contribution in [3.8, 4) is 17.7 Å². The van der Waals surface area contributed by atoms with Crippen molar-refractivity contribution < 1.29 is 14.6 Å². The molecule has 1 N–H and O–H groups in total. The minimum atomic E-state index is -1.14. The molecule has 6 nitrogen and oxygen atoms in total. The van der Waals surface area contributed by atoms with Gasteiger partial charge in [0.2, 0.25) is 5.88 Å². The SMILES string of the molecule is N#CCc1ccc(Oc2cnc(C(=O)O)cn2)cc1. The largest absolute Gasteiger partial charge is 0.476 e. The lowest BCUT2D eigenvalue weighted by Crippen LogP contribution is -2.01. The molecule has 0 aliphatic carbocycles. The number of hydrogen-bond donors (Lipinski definition) is 1. The summed E-state index contributed by atoms with van der Waals surface area (Å²) in [7, 11) is 0. The van der Waals surface area contributed by atoms with Crippen LogP contribution in [-0.2, 0) is 6.42 Å². The van der Waals surface area contributed by atoms with Crippen LogP contribution in [0.2, 0.25) is 0 Å². The number of benzene rings is 1. The fourth-order valence-corrected chi connectivity index (χ4v) is 1.37. The Balaban J connectivity index is 2.08. The first kappa shape index (κ1) is 12.5. The summed E-state index contributed by atoms with van der Waals surface area (Å²) in [5, 5.41) is 17.2. The van der Waals surface area contributed by atoms with Gasteiger partial charge in [0.05, 0.1) is 24.9 Å². The predicted octanol–water partition coefficient (Wildman–Crippen LogP) is 2.03. The first-order valence-electron chi connectivity index (χ1n) is 5.38. The Hall–Kier alpha value is -2.94. The first-order valence-corrected chi connectivity index (χ1v) is 5.38. The minimum absolute atomic E-state index is 0.142. The van der Waals surface area contributed by atoms with Crippen molar-refractivity contribution in [3.05, 3.63) is 47.9 Å². The third-order valence-corrected chi connectivity index (χ3v) is 2.28. The Bertz CT molecular complexity index is 615. The monoisotopic (exact) mass is 255 g/mol. The third-order valence-electron chi connectivity index (χ3n) is 2.28. The Morgan fingerprint density at radius 3 is 2.53 bits per heavy atom. The van der Waals surface area contributed by atoms with Crippen molar-refractivity contribution in [1.29, 1.82) is 5.26 Å². The van der Waals surface area contributed by atoms with Crippen molar-refractivity contribution in [2.75, 3.05) is 0 Å². The van der Waals surface area contributed by atoms with Gasteiger partial charge in [-0.2, -0.15) is 5.26 Å². The standard InChI is InChI=1S/C13H9N3O3/c14-6-5-9-1-3-10(4-2-9)19-12-8-15-11(7-16-12)13(17)18/h1-4,7-8H,5H2,(H,17,18). The van der Waals surface area contributed by atoms with Gasteiger partial charge in [0.15, 0.2) is 5.69 Å². The highest BCUT2D eigenvalue weighted by Crippen LogP contribution is 2.19. The second-order valence-electron chi connectivity index (χ2n) is 3.63. The molecule has 19 heavy (non-hydrogen) atoms. The molecule has 2 rings (SSSR count). The van der Waals surface area contributed by atoms with E-state index in [1.807, 2.05) is 0 Å². The van der Waals surface area contributed by atoms with Gasteiger partial charge in [0, 0.05) is 0 Å². The molecule has 1 aromatic heterocycles.